The minimum atomic E-state index is -4.52. The summed E-state index contributed by atoms with van der Waals surface area (Å²) in [6.45, 7) is 1.85. The Balaban J connectivity index is 1.82. The molecule has 0 unspecified atom stereocenters. The average molecular weight is 350 g/mol. The monoisotopic (exact) mass is 350 g/mol. The molecule has 3 rings (SSSR count). The molecule has 0 aliphatic carbocycles. The number of rotatable bonds is 4. The molecule has 9 heteroatoms. The predicted molar refractivity (Wildman–Crippen MR) is 82.7 cm³/mol. The van der Waals surface area contributed by atoms with Gasteiger partial charge in [-0.15, -0.1) is 0 Å². The van der Waals surface area contributed by atoms with E-state index in [1.54, 1.807) is 12.1 Å². The molecular weight excluding hydrogens is 337 g/mol. The lowest BCUT2D eigenvalue weighted by atomic mass is 10.0. The van der Waals surface area contributed by atoms with Crippen molar-refractivity contribution in [1.29, 1.82) is 0 Å². The number of phenolic OH excluding ortho intramolecular Hbond substituents is 1. The van der Waals surface area contributed by atoms with Crippen molar-refractivity contribution in [2.75, 3.05) is 5.32 Å². The number of alkyl halides is 3. The van der Waals surface area contributed by atoms with Gasteiger partial charge in [-0.1, -0.05) is 5.16 Å². The summed E-state index contributed by atoms with van der Waals surface area (Å²) in [6.07, 6.45) is -1.58. The van der Waals surface area contributed by atoms with Gasteiger partial charge in [0, 0.05) is 5.56 Å². The van der Waals surface area contributed by atoms with E-state index in [4.69, 9.17) is 0 Å². The number of benzene rings is 1. The maximum atomic E-state index is 12.8. The van der Waals surface area contributed by atoms with Gasteiger partial charge in [-0.05, 0) is 36.8 Å². The van der Waals surface area contributed by atoms with Crippen LogP contribution in [0.5, 0.6) is 5.75 Å². The van der Waals surface area contributed by atoms with E-state index in [1.165, 1.54) is 19.4 Å². The van der Waals surface area contributed by atoms with Crippen LogP contribution in [0.1, 0.15) is 16.8 Å². The third-order valence-electron chi connectivity index (χ3n) is 3.52. The first kappa shape index (κ1) is 16.7. The van der Waals surface area contributed by atoms with Crippen LogP contribution in [0.4, 0.5) is 18.9 Å². The lowest BCUT2D eigenvalue weighted by molar-refractivity contribution is -0.137. The second kappa shape index (κ2) is 6.42. The van der Waals surface area contributed by atoms with E-state index in [0.29, 0.717) is 24.0 Å². The first-order valence-corrected chi connectivity index (χ1v) is 7.21. The van der Waals surface area contributed by atoms with Gasteiger partial charge in [0.15, 0.2) is 0 Å². The topological polar surface area (TPSA) is 84.1 Å². The number of halogens is 3. The van der Waals surface area contributed by atoms with E-state index < -0.39 is 17.5 Å². The molecule has 0 fully saturated rings. The van der Waals surface area contributed by atoms with Gasteiger partial charge in [0.05, 0.1) is 35.4 Å². The molecular formula is C16H13F3N4O2. The van der Waals surface area contributed by atoms with Crippen molar-refractivity contribution < 1.29 is 22.8 Å². The number of aromatic nitrogens is 3. The maximum Gasteiger partial charge on any atom is 0.416 e. The quantitative estimate of drug-likeness (QED) is 0.745. The molecule has 25 heavy (non-hydrogen) atoms. The number of aromatic hydroxyl groups is 1. The fraction of sp³-hybridized carbons (Fsp3) is 0.188. The molecule has 3 aromatic rings. The lowest BCUT2D eigenvalue weighted by Gasteiger charge is -2.13. The molecule has 1 aromatic carbocycles. The number of hydrogen-bond donors (Lipinski definition) is 2. The standard InChI is InChI=1S/C16H13F3N4O2/c1-9-4-10(16(17,18)19)5-14(24)15(9)13-3-2-11(22-23-13)6-20-12-7-21-25-8-12/h2-5,7-8,20,24H,6H2,1H3. The van der Waals surface area contributed by atoms with Crippen molar-refractivity contribution in [2.24, 2.45) is 0 Å². The molecule has 2 N–H and O–H groups in total. The molecule has 0 saturated carbocycles. The molecule has 130 valence electrons. The van der Waals surface area contributed by atoms with Crippen LogP contribution in [0.3, 0.4) is 0 Å². The van der Waals surface area contributed by atoms with Crippen molar-refractivity contribution in [3.63, 3.8) is 0 Å². The summed E-state index contributed by atoms with van der Waals surface area (Å²) in [6, 6.07) is 4.91. The van der Waals surface area contributed by atoms with Gasteiger partial charge < -0.3 is 14.9 Å². The largest absolute Gasteiger partial charge is 0.507 e. The number of aryl methyl sites for hydroxylation is 1. The van der Waals surface area contributed by atoms with Gasteiger partial charge in [0.1, 0.15) is 12.0 Å². The van der Waals surface area contributed by atoms with Crippen LogP contribution in [0.2, 0.25) is 0 Å². The first-order valence-electron chi connectivity index (χ1n) is 7.21. The van der Waals surface area contributed by atoms with Crippen LogP contribution in [-0.2, 0) is 12.7 Å². The predicted octanol–water partition coefficient (Wildman–Crippen LogP) is 3.78. The Morgan fingerprint density at radius 1 is 1.20 bits per heavy atom. The van der Waals surface area contributed by atoms with Crippen molar-refractivity contribution in [3.05, 3.63) is 53.5 Å². The van der Waals surface area contributed by atoms with Crippen LogP contribution >= 0.6 is 0 Å². The summed E-state index contributed by atoms with van der Waals surface area (Å²) >= 11 is 0. The van der Waals surface area contributed by atoms with E-state index in [0.717, 1.165) is 6.07 Å². The average Bonchev–Trinajstić information content (AvgIpc) is 3.06. The van der Waals surface area contributed by atoms with Crippen molar-refractivity contribution >= 4 is 5.69 Å². The number of hydrogen-bond acceptors (Lipinski definition) is 6. The van der Waals surface area contributed by atoms with E-state index in [1.807, 2.05) is 0 Å². The second-order valence-corrected chi connectivity index (χ2v) is 5.36. The Kier molecular flexibility index (Phi) is 4.30. The minimum Gasteiger partial charge on any atom is -0.507 e. The SMILES string of the molecule is Cc1cc(C(F)(F)F)cc(O)c1-c1ccc(CNc2cnoc2)nn1. The van der Waals surface area contributed by atoms with Crippen LogP contribution in [-0.4, -0.2) is 20.5 Å². The molecule has 6 nitrogen and oxygen atoms in total. The number of nitrogens with one attached hydrogen (secondary N) is 1. The summed E-state index contributed by atoms with van der Waals surface area (Å²) in [5, 5.41) is 24.6. The molecule has 0 spiro atoms. The molecule has 0 amide bonds. The first-order chi connectivity index (χ1) is 11.8. The minimum absolute atomic E-state index is 0.221. The van der Waals surface area contributed by atoms with Crippen LogP contribution < -0.4 is 5.32 Å². The van der Waals surface area contributed by atoms with Crippen LogP contribution in [0, 0.1) is 6.92 Å². The highest BCUT2D eigenvalue weighted by Crippen LogP contribution is 2.38. The van der Waals surface area contributed by atoms with E-state index >= 15 is 0 Å². The number of anilines is 1. The fourth-order valence-electron chi connectivity index (χ4n) is 2.34. The van der Waals surface area contributed by atoms with Crippen molar-refractivity contribution in [2.45, 2.75) is 19.6 Å². The van der Waals surface area contributed by atoms with Gasteiger partial charge in [-0.25, -0.2) is 0 Å². The second-order valence-electron chi connectivity index (χ2n) is 5.36. The van der Waals surface area contributed by atoms with E-state index in [-0.39, 0.29) is 16.8 Å². The van der Waals surface area contributed by atoms with Crippen LogP contribution in [0.15, 0.2) is 41.2 Å². The van der Waals surface area contributed by atoms with Crippen molar-refractivity contribution in [3.8, 4) is 17.0 Å². The Morgan fingerprint density at radius 3 is 2.56 bits per heavy atom. The molecule has 0 bridgehead atoms. The molecule has 0 aliphatic heterocycles. The summed E-state index contributed by atoms with van der Waals surface area (Å²) in [4.78, 5) is 0. The highest BCUT2D eigenvalue weighted by atomic mass is 19.4. The van der Waals surface area contributed by atoms with E-state index in [9.17, 15) is 18.3 Å². The highest BCUT2D eigenvalue weighted by molar-refractivity contribution is 5.71. The maximum absolute atomic E-state index is 12.8. The van der Waals surface area contributed by atoms with Gasteiger partial charge in [0.2, 0.25) is 0 Å². The highest BCUT2D eigenvalue weighted by Gasteiger charge is 2.32. The molecule has 2 aromatic heterocycles. The normalized spacial score (nSPS) is 11.5. The smallest absolute Gasteiger partial charge is 0.416 e. The van der Waals surface area contributed by atoms with Crippen LogP contribution in [0.25, 0.3) is 11.3 Å². The summed E-state index contributed by atoms with van der Waals surface area (Å²) in [5.74, 6) is -0.489. The third kappa shape index (κ3) is 3.70. The molecule has 2 heterocycles. The number of phenols is 1. The zero-order valence-corrected chi connectivity index (χ0v) is 13.0. The summed E-state index contributed by atoms with van der Waals surface area (Å²) in [5.41, 5.74) is 1.15. The Hall–Kier alpha value is -3.10. The van der Waals surface area contributed by atoms with Gasteiger partial charge in [-0.2, -0.15) is 23.4 Å². The molecule has 0 saturated heterocycles. The zero-order valence-electron chi connectivity index (χ0n) is 13.0. The third-order valence-corrected chi connectivity index (χ3v) is 3.52. The molecule has 0 atom stereocenters. The Bertz CT molecular complexity index is 839. The van der Waals surface area contributed by atoms with Crippen molar-refractivity contribution in [1.82, 2.24) is 15.4 Å². The Labute approximate surface area is 140 Å². The zero-order chi connectivity index (χ0) is 18.0. The summed E-state index contributed by atoms with van der Waals surface area (Å²) in [7, 11) is 0. The van der Waals surface area contributed by atoms with Gasteiger partial charge in [0.25, 0.3) is 0 Å². The van der Waals surface area contributed by atoms with Gasteiger partial charge in [-0.3, -0.25) is 0 Å². The summed E-state index contributed by atoms with van der Waals surface area (Å²) < 4.78 is 43.0. The lowest BCUT2D eigenvalue weighted by Crippen LogP contribution is -2.06. The molecule has 0 radical (unpaired) electrons. The van der Waals surface area contributed by atoms with E-state index in [2.05, 4.69) is 25.2 Å². The molecule has 0 aliphatic rings. The Morgan fingerprint density at radius 2 is 2.00 bits per heavy atom. The fourth-order valence-corrected chi connectivity index (χ4v) is 2.34. The number of nitrogens with zero attached hydrogens (tertiary/aromatic N) is 3. The van der Waals surface area contributed by atoms with Gasteiger partial charge >= 0.3 is 6.18 Å².